The molecule has 31 valence electrons. The minimum atomic E-state index is 0. The van der Waals surface area contributed by atoms with Crippen LogP contribution in [0.15, 0.2) is 0 Å². The van der Waals surface area contributed by atoms with Gasteiger partial charge in [0, 0.05) is 17.1 Å². The van der Waals surface area contributed by atoms with Crippen molar-refractivity contribution in [3.05, 3.63) is 0 Å². The smallest absolute Gasteiger partial charge is 0 e. The fraction of sp³-hybridized carbons (Fsp3) is 1.00. The van der Waals surface area contributed by atoms with Gasteiger partial charge < -0.3 is 0 Å². The van der Waals surface area contributed by atoms with Crippen LogP contribution in [0.25, 0.3) is 0 Å². The van der Waals surface area contributed by atoms with Crippen LogP contribution in [-0.4, -0.2) is 11.0 Å². The van der Waals surface area contributed by atoms with Crippen molar-refractivity contribution in [2.24, 2.45) is 0 Å². The van der Waals surface area contributed by atoms with Gasteiger partial charge in [0.2, 0.25) is 0 Å². The zero-order valence-electron chi connectivity index (χ0n) is 1.09. The van der Waals surface area contributed by atoms with Gasteiger partial charge in [-0.15, -0.1) is 0 Å². The average Bonchev–Trinajstić information content (AvgIpc) is 0. The van der Waals surface area contributed by atoms with E-state index in [0.29, 0.717) is 0 Å². The molecule has 0 N–H and O–H groups in total. The van der Waals surface area contributed by atoms with Crippen molar-refractivity contribution in [1.82, 2.24) is 0 Å². The monoisotopic (exact) mass is 137 g/mol. The van der Waals surface area contributed by atoms with Gasteiger partial charge in [0.15, 0.2) is 0 Å². The molecule has 0 aliphatic heterocycles. The van der Waals surface area contributed by atoms with Crippen LogP contribution in [0, 0.1) is 0 Å². The van der Waals surface area contributed by atoms with E-state index in [9.17, 15) is 0 Å². The summed E-state index contributed by atoms with van der Waals surface area (Å²) in [5, 5.41) is 0. The van der Waals surface area contributed by atoms with Crippen LogP contribution in [0.3, 0.4) is 0 Å². The largest absolute Gasteiger partial charge is 0.153 e. The Morgan fingerprint density at radius 1 is 1.00 bits per heavy atom. The second kappa shape index (κ2) is 30.7. The Morgan fingerprint density at radius 3 is 1.00 bits per heavy atom. The van der Waals surface area contributed by atoms with Gasteiger partial charge in [0.25, 0.3) is 0 Å². The first-order valence-corrected chi connectivity index (χ1v) is 0. The van der Waals surface area contributed by atoms with Gasteiger partial charge in [0.05, 0.1) is 0 Å². The fourth-order valence-corrected chi connectivity index (χ4v) is 0. The van der Waals surface area contributed by atoms with Gasteiger partial charge in [-0.3, -0.25) is 0 Å². The van der Waals surface area contributed by atoms with Crippen LogP contribution >= 0.6 is 9.90 Å². The molecule has 4 heavy (non-hydrogen) atoms. The summed E-state index contributed by atoms with van der Waals surface area (Å²) >= 11 is 0. The van der Waals surface area contributed by atoms with Crippen molar-refractivity contribution < 1.29 is 17.1 Å². The Kier molecular flexibility index (Phi) is 506. The number of hydrogen-bond acceptors (Lipinski definition) is 0. The second-order valence-electron chi connectivity index (χ2n) is 0. The van der Waals surface area contributed by atoms with Crippen LogP contribution in [0.4, 0.5) is 0 Å². The van der Waals surface area contributed by atoms with Crippen molar-refractivity contribution in [3.63, 3.8) is 0 Å². The van der Waals surface area contributed by atoms with Crippen molar-refractivity contribution >= 4 is 20.9 Å². The quantitative estimate of drug-likeness (QED) is 0.304. The second-order valence-corrected chi connectivity index (χ2v) is 0. The fourth-order valence-electron chi connectivity index (χ4n) is 0. The van der Waals surface area contributed by atoms with E-state index in [2.05, 4.69) is 0 Å². The number of hydrogen-bond donors (Lipinski definition) is 0. The average molecular weight is 137 g/mol. The first-order valence-electron chi connectivity index (χ1n) is 0. The van der Waals surface area contributed by atoms with Crippen molar-refractivity contribution in [3.8, 4) is 0 Å². The molecule has 0 aromatic rings. The minimum Gasteiger partial charge on any atom is -0.153 e. The van der Waals surface area contributed by atoms with E-state index in [0.717, 1.165) is 0 Å². The molecule has 0 aromatic heterocycles. The molecule has 0 saturated heterocycles. The zero-order valence-corrected chi connectivity index (χ0v) is 3.68. The molecule has 0 nitrogen and oxygen atoms in total. The van der Waals surface area contributed by atoms with Gasteiger partial charge in [-0.25, -0.2) is 0 Å². The van der Waals surface area contributed by atoms with Crippen LogP contribution in [-0.2, 0) is 17.1 Å². The molecule has 1 atom stereocenters. The third-order valence-electron chi connectivity index (χ3n) is 0. The molecule has 0 heterocycles. The first kappa shape index (κ1) is 65.9. The summed E-state index contributed by atoms with van der Waals surface area (Å²) in [6.45, 7) is 0. The van der Waals surface area contributed by atoms with Gasteiger partial charge in [-0.2, -0.15) is 9.90 Å². The molecule has 0 spiro atoms. The summed E-state index contributed by atoms with van der Waals surface area (Å²) in [7, 11) is 0. The van der Waals surface area contributed by atoms with Crippen molar-refractivity contribution in [1.29, 1.82) is 0 Å². The third kappa shape index (κ3) is 10.9. The Labute approximate surface area is 45.9 Å². The van der Waals surface area contributed by atoms with E-state index in [-0.39, 0.29) is 45.4 Å². The van der Waals surface area contributed by atoms with Crippen LogP contribution < -0.4 is 0 Å². The topological polar surface area (TPSA) is 0 Å². The Bertz CT molecular complexity index is 8.00. The molecule has 0 amide bonds. The molecular formula is CH11MnPSi. The van der Waals surface area contributed by atoms with E-state index >= 15 is 0 Å². The summed E-state index contributed by atoms with van der Waals surface area (Å²) in [5.41, 5.74) is 0. The predicted molar refractivity (Wildman–Crippen MR) is 29.2 cm³/mol. The van der Waals surface area contributed by atoms with Crippen molar-refractivity contribution in [2.75, 3.05) is 0 Å². The minimum absolute atomic E-state index is 0. The normalized spacial score (nSPS) is 0. The van der Waals surface area contributed by atoms with E-state index in [4.69, 9.17) is 0 Å². The third-order valence-corrected chi connectivity index (χ3v) is 0. The molecule has 0 rings (SSSR count). The van der Waals surface area contributed by atoms with E-state index in [1.807, 2.05) is 0 Å². The SMILES string of the molecule is C.P.[Mn].[SiH4]. The van der Waals surface area contributed by atoms with E-state index in [1.54, 1.807) is 0 Å². The maximum atomic E-state index is 0. The van der Waals surface area contributed by atoms with Gasteiger partial charge in [0.1, 0.15) is 0 Å². The maximum absolute atomic E-state index is 0. The van der Waals surface area contributed by atoms with Crippen LogP contribution in [0.1, 0.15) is 7.43 Å². The predicted octanol–water partition coefficient (Wildman–Crippen LogP) is -0.760. The maximum Gasteiger partial charge on any atom is 0 e. The Morgan fingerprint density at radius 2 is 1.00 bits per heavy atom. The Balaban J connectivity index is 0. The first-order chi connectivity index (χ1) is 0. The molecule has 0 aromatic carbocycles. The molecule has 1 unspecified atom stereocenters. The van der Waals surface area contributed by atoms with E-state index in [1.165, 1.54) is 0 Å². The van der Waals surface area contributed by atoms with Gasteiger partial charge >= 0.3 is 0 Å². The van der Waals surface area contributed by atoms with Gasteiger partial charge in [-0.05, 0) is 11.0 Å². The molecule has 0 bridgehead atoms. The summed E-state index contributed by atoms with van der Waals surface area (Å²) in [4.78, 5) is 0. The standard InChI is InChI=1S/CH4.Mn.H3P.H4Si/h1H4;;1H3;1H4. The summed E-state index contributed by atoms with van der Waals surface area (Å²) in [5.74, 6) is 0. The molecule has 1 radical (unpaired) electrons. The molecule has 0 aliphatic rings. The zero-order chi connectivity index (χ0) is 0. The summed E-state index contributed by atoms with van der Waals surface area (Å²) in [6, 6.07) is 0. The summed E-state index contributed by atoms with van der Waals surface area (Å²) < 4.78 is 0. The molecule has 0 saturated carbocycles. The van der Waals surface area contributed by atoms with E-state index < -0.39 is 0 Å². The Hall–Kier alpha value is 1.17. The van der Waals surface area contributed by atoms with Crippen molar-refractivity contribution in [2.45, 2.75) is 7.43 Å². The molecular weight excluding hydrogens is 126 g/mol. The van der Waals surface area contributed by atoms with Gasteiger partial charge in [-0.1, -0.05) is 7.43 Å². The number of rotatable bonds is 0. The molecule has 0 aliphatic carbocycles. The van der Waals surface area contributed by atoms with Crippen LogP contribution in [0.2, 0.25) is 0 Å². The molecule has 3 heteroatoms. The molecule has 0 fully saturated rings. The summed E-state index contributed by atoms with van der Waals surface area (Å²) in [6.07, 6.45) is 0. The van der Waals surface area contributed by atoms with Crippen LogP contribution in [0.5, 0.6) is 0 Å².